The second-order valence-corrected chi connectivity index (χ2v) is 7.13. The van der Waals surface area contributed by atoms with Crippen molar-refractivity contribution in [2.45, 2.75) is 20.4 Å². The molecule has 1 aliphatic heterocycles. The van der Waals surface area contributed by atoms with E-state index in [4.69, 9.17) is 11.6 Å². The summed E-state index contributed by atoms with van der Waals surface area (Å²) in [5, 5.41) is 1.95. The summed E-state index contributed by atoms with van der Waals surface area (Å²) in [4.78, 5) is 17.1. The lowest BCUT2D eigenvalue weighted by molar-refractivity contribution is 0.247. The van der Waals surface area contributed by atoms with E-state index in [1.54, 1.807) is 6.33 Å². The number of hydrogen-bond donors (Lipinski definition) is 1. The number of aromatic amines is 1. The van der Waals surface area contributed by atoms with E-state index in [0.717, 1.165) is 54.8 Å². The average molecular weight is 356 g/mol. The van der Waals surface area contributed by atoms with E-state index in [0.29, 0.717) is 0 Å². The number of rotatable bonds is 3. The lowest BCUT2D eigenvalue weighted by Gasteiger charge is -2.35. The minimum atomic E-state index is 0.780. The van der Waals surface area contributed by atoms with E-state index in [1.807, 2.05) is 25.1 Å². The fourth-order valence-corrected chi connectivity index (χ4v) is 3.63. The second-order valence-electron chi connectivity index (χ2n) is 6.70. The topological polar surface area (TPSA) is 48.1 Å². The zero-order valence-corrected chi connectivity index (χ0v) is 15.3. The second kappa shape index (κ2) is 6.65. The van der Waals surface area contributed by atoms with Crippen LogP contribution in [0.2, 0.25) is 5.02 Å². The minimum Gasteiger partial charge on any atom is -0.357 e. The first kappa shape index (κ1) is 16.4. The Morgan fingerprint density at radius 3 is 2.68 bits per heavy atom. The molecule has 0 bridgehead atoms. The van der Waals surface area contributed by atoms with Gasteiger partial charge in [0.15, 0.2) is 0 Å². The third kappa shape index (κ3) is 3.34. The smallest absolute Gasteiger partial charge is 0.135 e. The molecule has 0 aliphatic carbocycles. The highest BCUT2D eigenvalue weighted by Gasteiger charge is 2.20. The summed E-state index contributed by atoms with van der Waals surface area (Å²) in [6, 6.07) is 8.18. The Morgan fingerprint density at radius 2 is 1.88 bits per heavy atom. The van der Waals surface area contributed by atoms with E-state index in [2.05, 4.69) is 37.7 Å². The molecule has 0 saturated carbocycles. The van der Waals surface area contributed by atoms with Gasteiger partial charge in [0.1, 0.15) is 12.1 Å². The Balaban J connectivity index is 1.42. The first-order valence-electron chi connectivity index (χ1n) is 8.63. The van der Waals surface area contributed by atoms with Crippen molar-refractivity contribution in [1.82, 2.24) is 19.9 Å². The van der Waals surface area contributed by atoms with Crippen LogP contribution in [0.25, 0.3) is 10.9 Å². The van der Waals surface area contributed by atoms with Gasteiger partial charge in [0.05, 0.1) is 0 Å². The lowest BCUT2D eigenvalue weighted by Crippen LogP contribution is -2.46. The van der Waals surface area contributed by atoms with Gasteiger partial charge in [-0.3, -0.25) is 4.90 Å². The van der Waals surface area contributed by atoms with Crippen molar-refractivity contribution in [2.24, 2.45) is 0 Å². The SMILES string of the molecule is Cc1ncnc(N2CCN(Cc3cc4cc(Cl)ccc4[nH]3)CC2)c1C. The van der Waals surface area contributed by atoms with Gasteiger partial charge >= 0.3 is 0 Å². The molecule has 0 atom stereocenters. The molecule has 0 amide bonds. The number of fused-ring (bicyclic) bond motifs is 1. The van der Waals surface area contributed by atoms with Gasteiger partial charge in [-0.1, -0.05) is 11.6 Å². The molecule has 0 unspecified atom stereocenters. The number of hydrogen-bond acceptors (Lipinski definition) is 4. The molecule has 0 radical (unpaired) electrons. The van der Waals surface area contributed by atoms with Crippen molar-refractivity contribution in [3.05, 3.63) is 52.6 Å². The molecule has 1 saturated heterocycles. The van der Waals surface area contributed by atoms with Crippen LogP contribution in [0.3, 0.4) is 0 Å². The van der Waals surface area contributed by atoms with E-state index in [1.165, 1.54) is 16.6 Å². The van der Waals surface area contributed by atoms with Crippen LogP contribution < -0.4 is 4.90 Å². The molecule has 1 aliphatic rings. The fraction of sp³-hybridized carbons (Fsp3) is 0.368. The fourth-order valence-electron chi connectivity index (χ4n) is 3.45. The number of piperazine rings is 1. The molecule has 2 aromatic heterocycles. The third-order valence-electron chi connectivity index (χ3n) is 5.01. The average Bonchev–Trinajstić information content (AvgIpc) is 2.99. The van der Waals surface area contributed by atoms with Crippen molar-refractivity contribution in [3.63, 3.8) is 0 Å². The molecule has 4 rings (SSSR count). The van der Waals surface area contributed by atoms with Gasteiger partial charge in [0.25, 0.3) is 0 Å². The summed E-state index contributed by atoms with van der Waals surface area (Å²) in [7, 11) is 0. The van der Waals surface area contributed by atoms with E-state index in [9.17, 15) is 0 Å². The predicted molar refractivity (Wildman–Crippen MR) is 102 cm³/mol. The summed E-state index contributed by atoms with van der Waals surface area (Å²) >= 11 is 6.08. The van der Waals surface area contributed by atoms with Crippen LogP contribution in [0.15, 0.2) is 30.6 Å². The molecule has 1 aromatic carbocycles. The van der Waals surface area contributed by atoms with Gasteiger partial charge in [-0.15, -0.1) is 0 Å². The highest BCUT2D eigenvalue weighted by molar-refractivity contribution is 6.31. The van der Waals surface area contributed by atoms with E-state index in [-0.39, 0.29) is 0 Å². The van der Waals surface area contributed by atoms with Crippen LogP contribution in [0.4, 0.5) is 5.82 Å². The summed E-state index contributed by atoms with van der Waals surface area (Å²) in [5.41, 5.74) is 4.62. The molecule has 25 heavy (non-hydrogen) atoms. The Bertz CT molecular complexity index is 896. The van der Waals surface area contributed by atoms with Gasteiger partial charge in [-0.05, 0) is 38.1 Å². The Labute approximate surface area is 152 Å². The van der Waals surface area contributed by atoms with Gasteiger partial charge in [-0.2, -0.15) is 0 Å². The molecule has 5 nitrogen and oxygen atoms in total. The highest BCUT2D eigenvalue weighted by atomic mass is 35.5. The number of halogens is 1. The first-order chi connectivity index (χ1) is 12.1. The van der Waals surface area contributed by atoms with Gasteiger partial charge in [-0.25, -0.2) is 9.97 Å². The molecule has 130 valence electrons. The number of benzene rings is 1. The van der Waals surface area contributed by atoms with Crippen LogP contribution >= 0.6 is 11.6 Å². The molecule has 1 N–H and O–H groups in total. The largest absolute Gasteiger partial charge is 0.357 e. The van der Waals surface area contributed by atoms with Crippen molar-refractivity contribution < 1.29 is 0 Å². The van der Waals surface area contributed by atoms with Gasteiger partial charge in [0.2, 0.25) is 0 Å². The minimum absolute atomic E-state index is 0.780. The van der Waals surface area contributed by atoms with Gasteiger partial charge in [0, 0.05) is 65.6 Å². The Morgan fingerprint density at radius 1 is 1.08 bits per heavy atom. The maximum Gasteiger partial charge on any atom is 0.135 e. The normalized spacial score (nSPS) is 15.9. The lowest BCUT2D eigenvalue weighted by atomic mass is 10.2. The van der Waals surface area contributed by atoms with E-state index >= 15 is 0 Å². The maximum absolute atomic E-state index is 6.08. The molecular formula is C19H22ClN5. The summed E-state index contributed by atoms with van der Waals surface area (Å²) in [6.07, 6.45) is 1.67. The highest BCUT2D eigenvalue weighted by Crippen LogP contribution is 2.23. The molecule has 3 heterocycles. The summed E-state index contributed by atoms with van der Waals surface area (Å²) in [6.45, 7) is 9.11. The van der Waals surface area contributed by atoms with Gasteiger partial charge < -0.3 is 9.88 Å². The molecule has 1 fully saturated rings. The standard InChI is InChI=1S/C19H22ClN5/c1-13-14(2)21-12-22-19(13)25-7-5-24(6-8-25)11-17-10-15-9-16(20)3-4-18(15)23-17/h3-4,9-10,12,23H,5-8,11H2,1-2H3. The van der Waals surface area contributed by atoms with E-state index < -0.39 is 0 Å². The summed E-state index contributed by atoms with van der Waals surface area (Å²) in [5.74, 6) is 1.08. The zero-order chi connectivity index (χ0) is 17.4. The van der Waals surface area contributed by atoms with Crippen LogP contribution in [-0.4, -0.2) is 46.0 Å². The maximum atomic E-state index is 6.08. The van der Waals surface area contributed by atoms with Crippen molar-refractivity contribution in [1.29, 1.82) is 0 Å². The number of nitrogens with one attached hydrogen (secondary N) is 1. The quantitative estimate of drug-likeness (QED) is 0.780. The molecule has 6 heteroatoms. The number of H-pyrrole nitrogens is 1. The number of anilines is 1. The van der Waals surface area contributed by atoms with Crippen molar-refractivity contribution >= 4 is 28.3 Å². The predicted octanol–water partition coefficient (Wildman–Crippen LogP) is 3.55. The molecular weight excluding hydrogens is 334 g/mol. The van der Waals surface area contributed by atoms with Crippen molar-refractivity contribution in [3.8, 4) is 0 Å². The monoisotopic (exact) mass is 355 g/mol. The van der Waals surface area contributed by atoms with Crippen LogP contribution in [-0.2, 0) is 6.54 Å². The Kier molecular flexibility index (Phi) is 4.36. The summed E-state index contributed by atoms with van der Waals surface area (Å²) < 4.78 is 0. The third-order valence-corrected chi connectivity index (χ3v) is 5.25. The number of aryl methyl sites for hydroxylation is 1. The Hall–Kier alpha value is -2.11. The number of aromatic nitrogens is 3. The zero-order valence-electron chi connectivity index (χ0n) is 14.6. The molecule has 3 aromatic rings. The van der Waals surface area contributed by atoms with Crippen LogP contribution in [0, 0.1) is 13.8 Å². The molecule has 0 spiro atoms. The van der Waals surface area contributed by atoms with Crippen molar-refractivity contribution in [2.75, 3.05) is 31.1 Å². The number of nitrogens with zero attached hydrogens (tertiary/aromatic N) is 4. The van der Waals surface area contributed by atoms with Crippen LogP contribution in [0.1, 0.15) is 17.0 Å². The van der Waals surface area contributed by atoms with Crippen LogP contribution in [0.5, 0.6) is 0 Å². The first-order valence-corrected chi connectivity index (χ1v) is 9.00.